The molecule has 24 heavy (non-hydrogen) atoms. The van der Waals surface area contributed by atoms with E-state index in [1.54, 1.807) is 13.2 Å². The molecule has 3 aromatic rings. The number of sulfonamides is 1. The summed E-state index contributed by atoms with van der Waals surface area (Å²) >= 11 is 0. The van der Waals surface area contributed by atoms with Gasteiger partial charge in [-0.3, -0.25) is 19.0 Å². The fraction of sp³-hybridized carbons (Fsp3) is 0.214. The summed E-state index contributed by atoms with van der Waals surface area (Å²) < 4.78 is 31.1. The van der Waals surface area contributed by atoms with Crippen LogP contribution in [0.25, 0.3) is 11.0 Å². The van der Waals surface area contributed by atoms with Gasteiger partial charge >= 0.3 is 11.1 Å². The Morgan fingerprint density at radius 1 is 0.958 bits per heavy atom. The lowest BCUT2D eigenvalue weighted by Gasteiger charge is -2.11. The average Bonchev–Trinajstić information content (AvgIpc) is 2.94. The van der Waals surface area contributed by atoms with Gasteiger partial charge in [0.25, 0.3) is 10.0 Å². The number of hydrogen-bond acceptors (Lipinski definition) is 5. The molecule has 0 bridgehead atoms. The molecule has 0 saturated carbocycles. The first-order valence-electron chi connectivity index (χ1n) is 6.93. The number of hydrogen-bond donors (Lipinski definition) is 1. The van der Waals surface area contributed by atoms with Crippen LogP contribution < -0.4 is 15.8 Å². The van der Waals surface area contributed by atoms with Gasteiger partial charge in [0, 0.05) is 33.4 Å². The summed E-state index contributed by atoms with van der Waals surface area (Å²) in [6, 6.07) is 5.74. The number of nitrogens with one attached hydrogen (secondary N) is 1. The van der Waals surface area contributed by atoms with Crippen LogP contribution in [0.15, 0.2) is 44.9 Å². The SMILES string of the molecule is Cn1ccc(NS(=O)(=O)c2ccc3c(c2)n(C)c(=O)c(=O)n3C)n1. The first-order chi connectivity index (χ1) is 11.2. The highest BCUT2D eigenvalue weighted by atomic mass is 32.2. The number of aryl methyl sites for hydroxylation is 3. The molecule has 2 aromatic heterocycles. The minimum Gasteiger partial charge on any atom is -0.305 e. The second kappa shape index (κ2) is 5.34. The van der Waals surface area contributed by atoms with Crippen LogP contribution in [0.4, 0.5) is 5.82 Å². The first kappa shape index (κ1) is 16.0. The molecule has 0 atom stereocenters. The van der Waals surface area contributed by atoms with Gasteiger partial charge in [-0.2, -0.15) is 5.10 Å². The lowest BCUT2D eigenvalue weighted by Crippen LogP contribution is -2.39. The number of aromatic nitrogens is 4. The van der Waals surface area contributed by atoms with Gasteiger partial charge in [-0.15, -0.1) is 0 Å². The fourth-order valence-electron chi connectivity index (χ4n) is 2.39. The highest BCUT2D eigenvalue weighted by Gasteiger charge is 2.18. The van der Waals surface area contributed by atoms with Crippen LogP contribution in [-0.4, -0.2) is 27.3 Å². The van der Waals surface area contributed by atoms with Gasteiger partial charge in [-0.1, -0.05) is 0 Å². The van der Waals surface area contributed by atoms with Gasteiger partial charge in [0.2, 0.25) is 0 Å². The Morgan fingerprint density at radius 2 is 1.58 bits per heavy atom. The summed E-state index contributed by atoms with van der Waals surface area (Å²) in [5.74, 6) is 0.187. The molecule has 0 unspecified atom stereocenters. The van der Waals surface area contributed by atoms with Crippen LogP contribution in [-0.2, 0) is 31.2 Å². The zero-order valence-corrected chi connectivity index (χ0v) is 14.0. The molecule has 0 radical (unpaired) electrons. The van der Waals surface area contributed by atoms with Gasteiger partial charge < -0.3 is 9.13 Å². The summed E-state index contributed by atoms with van der Waals surface area (Å²) in [5.41, 5.74) is -0.602. The smallest absolute Gasteiger partial charge is 0.305 e. The first-order valence-corrected chi connectivity index (χ1v) is 8.41. The minimum absolute atomic E-state index is 0.0331. The number of anilines is 1. The topological polar surface area (TPSA) is 108 Å². The van der Waals surface area contributed by atoms with Gasteiger partial charge in [-0.05, 0) is 18.2 Å². The molecule has 0 fully saturated rings. The molecular weight excluding hydrogens is 334 g/mol. The molecule has 1 aromatic carbocycles. The van der Waals surface area contributed by atoms with Crippen molar-refractivity contribution in [2.24, 2.45) is 21.1 Å². The lowest BCUT2D eigenvalue weighted by molar-refractivity contribution is 0.601. The number of fused-ring (bicyclic) bond motifs is 1. The highest BCUT2D eigenvalue weighted by molar-refractivity contribution is 7.92. The quantitative estimate of drug-likeness (QED) is 0.657. The summed E-state index contributed by atoms with van der Waals surface area (Å²) in [4.78, 5) is 23.7. The van der Waals surface area contributed by atoms with E-state index < -0.39 is 21.1 Å². The van der Waals surface area contributed by atoms with E-state index in [1.807, 2.05) is 0 Å². The van der Waals surface area contributed by atoms with Crippen LogP contribution in [0.5, 0.6) is 0 Å². The Balaban J connectivity index is 2.17. The predicted molar refractivity (Wildman–Crippen MR) is 88.4 cm³/mol. The van der Waals surface area contributed by atoms with E-state index in [2.05, 4.69) is 9.82 Å². The minimum atomic E-state index is -3.87. The van der Waals surface area contributed by atoms with Gasteiger partial charge in [-0.25, -0.2) is 8.42 Å². The Bertz CT molecular complexity index is 1170. The van der Waals surface area contributed by atoms with E-state index in [0.29, 0.717) is 11.0 Å². The highest BCUT2D eigenvalue weighted by Crippen LogP contribution is 2.19. The van der Waals surface area contributed by atoms with Crippen molar-refractivity contribution >= 4 is 26.9 Å². The van der Waals surface area contributed by atoms with E-state index in [-0.39, 0.29) is 10.7 Å². The summed E-state index contributed by atoms with van der Waals surface area (Å²) in [6.45, 7) is 0. The third-order valence-electron chi connectivity index (χ3n) is 3.72. The Kier molecular flexibility index (Phi) is 3.56. The zero-order chi connectivity index (χ0) is 17.6. The van der Waals surface area contributed by atoms with Crippen molar-refractivity contribution in [3.05, 3.63) is 51.2 Å². The maximum absolute atomic E-state index is 12.5. The molecule has 9 nitrogen and oxygen atoms in total. The van der Waals surface area contributed by atoms with Crippen molar-refractivity contribution in [3.63, 3.8) is 0 Å². The van der Waals surface area contributed by atoms with E-state index in [9.17, 15) is 18.0 Å². The molecular formula is C14H15N5O4S. The summed E-state index contributed by atoms with van der Waals surface area (Å²) in [5, 5.41) is 3.97. The van der Waals surface area contributed by atoms with Crippen LogP contribution in [0.3, 0.4) is 0 Å². The molecule has 3 rings (SSSR count). The van der Waals surface area contributed by atoms with E-state index in [1.165, 1.54) is 47.6 Å². The van der Waals surface area contributed by atoms with E-state index in [0.717, 1.165) is 4.57 Å². The van der Waals surface area contributed by atoms with Gasteiger partial charge in [0.1, 0.15) is 0 Å². The molecule has 10 heteroatoms. The van der Waals surface area contributed by atoms with Crippen molar-refractivity contribution in [2.45, 2.75) is 4.90 Å². The number of rotatable bonds is 3. The molecule has 0 aliphatic carbocycles. The van der Waals surface area contributed by atoms with Crippen molar-refractivity contribution < 1.29 is 8.42 Å². The lowest BCUT2D eigenvalue weighted by atomic mass is 10.3. The number of nitrogens with zero attached hydrogens (tertiary/aromatic N) is 4. The van der Waals surface area contributed by atoms with Crippen molar-refractivity contribution in [3.8, 4) is 0 Å². The van der Waals surface area contributed by atoms with Crippen LogP contribution in [0.1, 0.15) is 0 Å². The summed E-state index contributed by atoms with van der Waals surface area (Å²) in [6.07, 6.45) is 1.61. The largest absolute Gasteiger partial charge is 0.316 e. The Morgan fingerprint density at radius 3 is 2.17 bits per heavy atom. The van der Waals surface area contributed by atoms with Gasteiger partial charge in [0.15, 0.2) is 5.82 Å². The Hall–Kier alpha value is -2.88. The summed E-state index contributed by atoms with van der Waals surface area (Å²) in [7, 11) is 0.688. The number of benzene rings is 1. The molecule has 0 spiro atoms. The van der Waals surface area contributed by atoms with Crippen LogP contribution >= 0.6 is 0 Å². The molecule has 2 heterocycles. The van der Waals surface area contributed by atoms with Crippen molar-refractivity contribution in [1.82, 2.24) is 18.9 Å². The molecule has 0 aliphatic heterocycles. The third kappa shape index (κ3) is 2.50. The zero-order valence-electron chi connectivity index (χ0n) is 13.2. The predicted octanol–water partition coefficient (Wildman–Crippen LogP) is -0.229. The second-order valence-electron chi connectivity index (χ2n) is 5.36. The van der Waals surface area contributed by atoms with Crippen LogP contribution in [0, 0.1) is 0 Å². The van der Waals surface area contributed by atoms with E-state index in [4.69, 9.17) is 0 Å². The molecule has 0 aliphatic rings. The maximum atomic E-state index is 12.5. The Labute approximate surface area is 136 Å². The standard InChI is InChI=1S/C14H15N5O4S/c1-17-7-6-12(15-17)16-24(22,23)9-4-5-10-11(8-9)19(3)14(21)13(20)18(10)2/h4-8H,1-3H3,(H,15,16). The van der Waals surface area contributed by atoms with E-state index >= 15 is 0 Å². The molecule has 0 saturated heterocycles. The normalized spacial score (nSPS) is 11.8. The second-order valence-corrected chi connectivity index (χ2v) is 7.04. The van der Waals surface area contributed by atoms with Crippen molar-refractivity contribution in [1.29, 1.82) is 0 Å². The van der Waals surface area contributed by atoms with Gasteiger partial charge in [0.05, 0.1) is 15.9 Å². The van der Waals surface area contributed by atoms with Crippen LogP contribution in [0.2, 0.25) is 0 Å². The molecule has 126 valence electrons. The maximum Gasteiger partial charge on any atom is 0.316 e. The molecule has 1 N–H and O–H groups in total. The fourth-order valence-corrected chi connectivity index (χ4v) is 3.41. The molecule has 0 amide bonds. The average molecular weight is 349 g/mol. The third-order valence-corrected chi connectivity index (χ3v) is 5.08. The monoisotopic (exact) mass is 349 g/mol. The van der Waals surface area contributed by atoms with Crippen molar-refractivity contribution in [2.75, 3.05) is 4.72 Å².